The maximum atomic E-state index is 4.33. The van der Waals surface area contributed by atoms with Gasteiger partial charge in [0.15, 0.2) is 0 Å². The number of allylic oxidation sites excluding steroid dienone is 8. The van der Waals surface area contributed by atoms with Crippen molar-refractivity contribution in [2.24, 2.45) is 17.3 Å². The number of rotatable bonds is 5. The highest BCUT2D eigenvalue weighted by molar-refractivity contribution is 5.20. The topological polar surface area (TPSA) is 3.24 Å². The van der Waals surface area contributed by atoms with E-state index in [0.29, 0.717) is 11.3 Å². The normalized spacial score (nSPS) is 31.8. The zero-order valence-corrected chi connectivity index (χ0v) is 12.3. The molecule has 0 aromatic carbocycles. The van der Waals surface area contributed by atoms with Crippen molar-refractivity contribution in [3.05, 3.63) is 61.4 Å². The van der Waals surface area contributed by atoms with E-state index in [-0.39, 0.29) is 0 Å². The lowest BCUT2D eigenvalue weighted by Crippen LogP contribution is -2.20. The Bertz CT molecular complexity index is 466. The van der Waals surface area contributed by atoms with E-state index in [1.807, 2.05) is 0 Å². The van der Waals surface area contributed by atoms with E-state index in [2.05, 4.69) is 60.6 Å². The predicted molar refractivity (Wildman–Crippen MR) is 86.2 cm³/mol. The summed E-state index contributed by atoms with van der Waals surface area (Å²) in [4.78, 5) is 2.52. The van der Waals surface area contributed by atoms with Gasteiger partial charge >= 0.3 is 0 Å². The quantitative estimate of drug-likeness (QED) is 0.664. The van der Waals surface area contributed by atoms with Gasteiger partial charge in [-0.15, -0.1) is 6.58 Å². The fourth-order valence-electron chi connectivity index (χ4n) is 3.64. The third-order valence-corrected chi connectivity index (χ3v) is 5.19. The zero-order valence-electron chi connectivity index (χ0n) is 12.3. The van der Waals surface area contributed by atoms with Crippen LogP contribution in [0.1, 0.15) is 25.7 Å². The molecule has 3 aliphatic rings. The van der Waals surface area contributed by atoms with Gasteiger partial charge in [-0.1, -0.05) is 49.1 Å². The second kappa shape index (κ2) is 5.47. The molecule has 0 aromatic heterocycles. The molecule has 0 aromatic rings. The van der Waals surface area contributed by atoms with Crippen molar-refractivity contribution < 1.29 is 0 Å². The van der Waals surface area contributed by atoms with Crippen molar-refractivity contribution in [1.29, 1.82) is 0 Å². The Kier molecular flexibility index (Phi) is 3.69. The van der Waals surface area contributed by atoms with Crippen LogP contribution in [0.2, 0.25) is 0 Å². The van der Waals surface area contributed by atoms with E-state index in [1.54, 1.807) is 0 Å². The van der Waals surface area contributed by atoms with Crippen LogP contribution in [0.5, 0.6) is 0 Å². The molecule has 106 valence electrons. The number of likely N-dealkylation sites (tertiary alicyclic amines) is 1. The molecular formula is C19H25N. The van der Waals surface area contributed by atoms with Gasteiger partial charge in [-0.3, -0.25) is 0 Å². The molecule has 1 nitrogen and oxygen atoms in total. The van der Waals surface area contributed by atoms with Gasteiger partial charge in [0.25, 0.3) is 0 Å². The Morgan fingerprint density at radius 1 is 1.25 bits per heavy atom. The summed E-state index contributed by atoms with van der Waals surface area (Å²) in [6, 6.07) is 0. The molecule has 0 amide bonds. The number of hydrogen-bond donors (Lipinski definition) is 0. The lowest BCUT2D eigenvalue weighted by atomic mass is 10.0. The summed E-state index contributed by atoms with van der Waals surface area (Å²) in [5, 5.41) is 0. The van der Waals surface area contributed by atoms with Gasteiger partial charge in [-0.05, 0) is 42.9 Å². The van der Waals surface area contributed by atoms with Crippen LogP contribution in [0.4, 0.5) is 0 Å². The molecule has 3 rings (SSSR count). The van der Waals surface area contributed by atoms with Crippen LogP contribution in [0.15, 0.2) is 61.4 Å². The third-order valence-electron chi connectivity index (χ3n) is 5.19. The summed E-state index contributed by atoms with van der Waals surface area (Å²) in [5.41, 5.74) is 1.90. The highest BCUT2D eigenvalue weighted by Gasteiger charge is 2.55. The zero-order chi connectivity index (χ0) is 14.0. The molecule has 1 spiro atoms. The van der Waals surface area contributed by atoms with E-state index in [9.17, 15) is 0 Å². The predicted octanol–water partition coefficient (Wildman–Crippen LogP) is 4.48. The molecule has 0 radical (unpaired) electrons. The first-order chi connectivity index (χ1) is 9.73. The minimum atomic E-state index is 0.556. The Morgan fingerprint density at radius 3 is 2.65 bits per heavy atom. The molecule has 2 fully saturated rings. The molecule has 1 saturated heterocycles. The van der Waals surface area contributed by atoms with Gasteiger partial charge in [-0.2, -0.15) is 0 Å². The van der Waals surface area contributed by atoms with Crippen LogP contribution in [0.25, 0.3) is 0 Å². The van der Waals surface area contributed by atoms with Gasteiger partial charge in [0.2, 0.25) is 0 Å². The SMILES string of the molecule is C=CC1CC12CCN(C(=C)CCC1C=CC=CC=C1)C2. The fraction of sp³-hybridized carbons (Fsp3) is 0.474. The van der Waals surface area contributed by atoms with Crippen LogP contribution < -0.4 is 0 Å². The minimum absolute atomic E-state index is 0.556. The molecule has 2 aliphatic carbocycles. The van der Waals surface area contributed by atoms with Crippen LogP contribution in [-0.4, -0.2) is 18.0 Å². The average Bonchev–Trinajstić information content (AvgIpc) is 3.07. The fourth-order valence-corrected chi connectivity index (χ4v) is 3.64. The highest BCUT2D eigenvalue weighted by atomic mass is 15.2. The largest absolute Gasteiger partial charge is 0.375 e. The van der Waals surface area contributed by atoms with Crippen molar-refractivity contribution in [1.82, 2.24) is 4.90 Å². The van der Waals surface area contributed by atoms with E-state index in [1.165, 1.54) is 38.0 Å². The minimum Gasteiger partial charge on any atom is -0.375 e. The summed E-state index contributed by atoms with van der Waals surface area (Å²) in [7, 11) is 0. The lowest BCUT2D eigenvalue weighted by Gasteiger charge is -2.22. The third kappa shape index (κ3) is 2.67. The average molecular weight is 267 g/mol. The molecule has 1 saturated carbocycles. The second-order valence-corrected chi connectivity index (χ2v) is 6.50. The van der Waals surface area contributed by atoms with Gasteiger partial charge < -0.3 is 4.90 Å². The van der Waals surface area contributed by atoms with E-state index < -0.39 is 0 Å². The van der Waals surface area contributed by atoms with Crippen LogP contribution in [0.3, 0.4) is 0 Å². The van der Waals surface area contributed by atoms with Crippen molar-refractivity contribution in [2.45, 2.75) is 25.7 Å². The van der Waals surface area contributed by atoms with Crippen molar-refractivity contribution >= 4 is 0 Å². The van der Waals surface area contributed by atoms with E-state index in [0.717, 1.165) is 12.3 Å². The van der Waals surface area contributed by atoms with Crippen molar-refractivity contribution in [3.63, 3.8) is 0 Å². The summed E-state index contributed by atoms with van der Waals surface area (Å²) in [6.45, 7) is 10.7. The van der Waals surface area contributed by atoms with Crippen LogP contribution in [-0.2, 0) is 0 Å². The maximum absolute atomic E-state index is 4.33. The van der Waals surface area contributed by atoms with Crippen LogP contribution >= 0.6 is 0 Å². The Balaban J connectivity index is 1.47. The first-order valence-electron chi connectivity index (χ1n) is 7.80. The smallest absolute Gasteiger partial charge is 0.0237 e. The summed E-state index contributed by atoms with van der Waals surface area (Å²) in [6.07, 6.45) is 20.2. The van der Waals surface area contributed by atoms with Gasteiger partial charge in [0.1, 0.15) is 0 Å². The molecular weight excluding hydrogens is 242 g/mol. The van der Waals surface area contributed by atoms with Crippen LogP contribution in [0, 0.1) is 17.3 Å². The standard InChI is InChI=1S/C19H25N/c1-3-18-14-19(18)12-13-20(15-19)16(2)10-11-17-8-6-4-5-7-9-17/h3-9,17-18H,1-2,10-15H2. The molecule has 2 unspecified atom stereocenters. The Labute approximate surface area is 123 Å². The number of nitrogens with zero attached hydrogens (tertiary/aromatic N) is 1. The summed E-state index contributed by atoms with van der Waals surface area (Å²) in [5.74, 6) is 1.32. The van der Waals surface area contributed by atoms with E-state index >= 15 is 0 Å². The first kappa shape index (κ1) is 13.5. The first-order valence-corrected chi connectivity index (χ1v) is 7.80. The van der Waals surface area contributed by atoms with Crippen molar-refractivity contribution in [2.75, 3.05) is 13.1 Å². The monoisotopic (exact) mass is 267 g/mol. The lowest BCUT2D eigenvalue weighted by molar-refractivity contribution is 0.374. The van der Waals surface area contributed by atoms with Gasteiger partial charge in [-0.25, -0.2) is 0 Å². The Morgan fingerprint density at radius 2 is 2.00 bits per heavy atom. The van der Waals surface area contributed by atoms with Crippen molar-refractivity contribution in [3.8, 4) is 0 Å². The van der Waals surface area contributed by atoms with Gasteiger partial charge in [0, 0.05) is 18.8 Å². The summed E-state index contributed by atoms with van der Waals surface area (Å²) >= 11 is 0. The second-order valence-electron chi connectivity index (χ2n) is 6.50. The van der Waals surface area contributed by atoms with Gasteiger partial charge in [0.05, 0.1) is 0 Å². The Hall–Kier alpha value is -1.50. The molecule has 2 atom stereocenters. The number of hydrogen-bond acceptors (Lipinski definition) is 1. The molecule has 0 N–H and O–H groups in total. The molecule has 1 heteroatoms. The molecule has 20 heavy (non-hydrogen) atoms. The molecule has 1 heterocycles. The maximum Gasteiger partial charge on any atom is 0.0237 e. The van der Waals surface area contributed by atoms with E-state index in [4.69, 9.17) is 0 Å². The molecule has 1 aliphatic heterocycles. The molecule has 0 bridgehead atoms. The highest BCUT2D eigenvalue weighted by Crippen LogP contribution is 2.59. The summed E-state index contributed by atoms with van der Waals surface area (Å²) < 4.78 is 0.